The summed E-state index contributed by atoms with van der Waals surface area (Å²) in [7, 11) is 0. The fraction of sp³-hybridized carbons (Fsp3) is 0.350. The Kier molecular flexibility index (Phi) is 4.05. The quantitative estimate of drug-likeness (QED) is 0.764. The summed E-state index contributed by atoms with van der Waals surface area (Å²) in [6.07, 6.45) is -2.02. The molecule has 2 aromatic rings. The molecule has 4 nitrogen and oxygen atoms in total. The average molecular weight is 377 g/mol. The molecule has 27 heavy (non-hydrogen) atoms. The summed E-state index contributed by atoms with van der Waals surface area (Å²) in [6, 6.07) is 11.2. The van der Waals surface area contributed by atoms with Crippen LogP contribution in [0.5, 0.6) is 5.75 Å². The molecular weight excluding hydrogens is 359 g/mol. The molecule has 2 aromatic carbocycles. The van der Waals surface area contributed by atoms with Crippen LogP contribution in [-0.4, -0.2) is 17.6 Å². The number of hydrogen-bond acceptors (Lipinski definition) is 2. The molecule has 0 aromatic heterocycles. The maximum absolute atomic E-state index is 12.5. The number of hydrogen-bond donors (Lipinski definition) is 2. The van der Waals surface area contributed by atoms with Crippen molar-refractivity contribution in [2.24, 2.45) is 5.41 Å². The lowest BCUT2D eigenvalue weighted by Crippen LogP contribution is -2.36. The van der Waals surface area contributed by atoms with Gasteiger partial charge in [0, 0.05) is 0 Å². The van der Waals surface area contributed by atoms with E-state index in [1.807, 2.05) is 18.2 Å². The third-order valence-electron chi connectivity index (χ3n) is 5.52. The Morgan fingerprint density at radius 3 is 2.52 bits per heavy atom. The van der Waals surface area contributed by atoms with Crippen molar-refractivity contribution < 1.29 is 27.8 Å². The minimum Gasteiger partial charge on any atom is -0.465 e. The van der Waals surface area contributed by atoms with E-state index in [0.717, 1.165) is 42.4 Å². The Labute approximate surface area is 154 Å². The predicted octanol–water partition coefficient (Wildman–Crippen LogP) is 5.29. The lowest BCUT2D eigenvalue weighted by Gasteiger charge is -2.34. The molecule has 1 fully saturated rings. The number of rotatable bonds is 3. The second-order valence-corrected chi connectivity index (χ2v) is 7.23. The molecule has 7 heteroatoms. The molecule has 4 rings (SSSR count). The molecule has 1 saturated carbocycles. The zero-order valence-corrected chi connectivity index (χ0v) is 14.3. The zero-order chi connectivity index (χ0) is 19.2. The van der Waals surface area contributed by atoms with Crippen molar-refractivity contribution in [3.05, 3.63) is 53.6 Å². The van der Waals surface area contributed by atoms with Gasteiger partial charge in [-0.1, -0.05) is 24.3 Å². The predicted molar refractivity (Wildman–Crippen MR) is 92.5 cm³/mol. The van der Waals surface area contributed by atoms with Crippen molar-refractivity contribution in [1.82, 2.24) is 5.32 Å². The summed E-state index contributed by atoms with van der Waals surface area (Å²) in [4.78, 5) is 11.3. The minimum absolute atomic E-state index is 0.0226. The molecule has 0 heterocycles. The highest BCUT2D eigenvalue weighted by atomic mass is 19.4. The van der Waals surface area contributed by atoms with Crippen LogP contribution in [0.3, 0.4) is 0 Å². The highest BCUT2D eigenvalue weighted by molar-refractivity contribution is 5.69. The first kappa shape index (κ1) is 17.7. The molecule has 2 aliphatic carbocycles. The summed E-state index contributed by atoms with van der Waals surface area (Å²) in [5, 5.41) is 11.9. The second kappa shape index (κ2) is 6.18. The molecule has 0 radical (unpaired) electrons. The molecule has 142 valence electrons. The van der Waals surface area contributed by atoms with E-state index in [0.29, 0.717) is 5.56 Å². The first-order chi connectivity index (χ1) is 12.8. The molecule has 1 amide bonds. The van der Waals surface area contributed by atoms with Crippen molar-refractivity contribution in [1.29, 1.82) is 0 Å². The van der Waals surface area contributed by atoms with E-state index in [4.69, 9.17) is 0 Å². The maximum atomic E-state index is 12.5. The highest BCUT2D eigenvalue weighted by Gasteiger charge is 2.52. The SMILES string of the molecule is O=C(O)NC1c2cc(-c3cccc(OC(F)(F)F)c3)ccc2CCC12CC2. The van der Waals surface area contributed by atoms with Gasteiger partial charge in [-0.15, -0.1) is 13.2 Å². The van der Waals surface area contributed by atoms with Gasteiger partial charge in [0.25, 0.3) is 0 Å². The number of carboxylic acid groups (broad SMARTS) is 1. The fourth-order valence-electron chi connectivity index (χ4n) is 4.06. The molecule has 1 atom stereocenters. The molecule has 1 spiro atoms. The van der Waals surface area contributed by atoms with E-state index < -0.39 is 12.5 Å². The molecule has 2 aliphatic rings. The van der Waals surface area contributed by atoms with Crippen LogP contribution in [0.1, 0.15) is 36.4 Å². The Bertz CT molecular complexity index is 890. The van der Waals surface area contributed by atoms with Crippen molar-refractivity contribution in [2.75, 3.05) is 0 Å². The van der Waals surface area contributed by atoms with Gasteiger partial charge < -0.3 is 15.2 Å². The average Bonchev–Trinajstić information content (AvgIpc) is 3.36. The van der Waals surface area contributed by atoms with E-state index >= 15 is 0 Å². The third-order valence-corrected chi connectivity index (χ3v) is 5.52. The van der Waals surface area contributed by atoms with Crippen molar-refractivity contribution in [2.45, 2.75) is 38.1 Å². The Morgan fingerprint density at radius 2 is 1.85 bits per heavy atom. The standard InChI is InChI=1S/C20H18F3NO3/c21-20(22,23)27-15-3-1-2-13(10-15)14-5-4-12-6-7-19(8-9-19)17(16(12)11-14)24-18(25)26/h1-5,10-11,17,24H,6-9H2,(H,25,26). The molecule has 0 saturated heterocycles. The van der Waals surface area contributed by atoms with Crippen LogP contribution in [0.2, 0.25) is 0 Å². The van der Waals surface area contributed by atoms with Crippen LogP contribution in [0.25, 0.3) is 11.1 Å². The van der Waals surface area contributed by atoms with E-state index in [1.54, 1.807) is 6.07 Å². The molecule has 0 aliphatic heterocycles. The summed E-state index contributed by atoms with van der Waals surface area (Å²) in [6.45, 7) is 0. The highest BCUT2D eigenvalue weighted by Crippen LogP contribution is 2.61. The van der Waals surface area contributed by atoms with Gasteiger partial charge in [0.1, 0.15) is 5.75 Å². The number of ether oxygens (including phenoxy) is 1. The number of carbonyl (C=O) groups is 1. The van der Waals surface area contributed by atoms with E-state index in [9.17, 15) is 23.1 Å². The number of nitrogens with one attached hydrogen (secondary N) is 1. The van der Waals surface area contributed by atoms with Crippen LogP contribution in [0.15, 0.2) is 42.5 Å². The summed E-state index contributed by atoms with van der Waals surface area (Å²) < 4.78 is 41.4. The largest absolute Gasteiger partial charge is 0.573 e. The van der Waals surface area contributed by atoms with Gasteiger partial charge in [0.05, 0.1) is 6.04 Å². The summed E-state index contributed by atoms with van der Waals surface area (Å²) in [5.41, 5.74) is 3.30. The molecule has 0 bridgehead atoms. The fourth-order valence-corrected chi connectivity index (χ4v) is 4.06. The maximum Gasteiger partial charge on any atom is 0.573 e. The second-order valence-electron chi connectivity index (χ2n) is 7.23. The number of alkyl halides is 3. The van der Waals surface area contributed by atoms with Crippen LogP contribution in [0.4, 0.5) is 18.0 Å². The van der Waals surface area contributed by atoms with Crippen molar-refractivity contribution in [3.8, 4) is 16.9 Å². The summed E-state index contributed by atoms with van der Waals surface area (Å²) >= 11 is 0. The minimum atomic E-state index is -4.75. The van der Waals surface area contributed by atoms with E-state index in [1.165, 1.54) is 18.2 Å². The normalized spacial score (nSPS) is 20.0. The number of halogens is 3. The molecular formula is C20H18F3NO3. The van der Waals surface area contributed by atoms with Gasteiger partial charge >= 0.3 is 12.5 Å². The Hall–Kier alpha value is -2.70. The van der Waals surface area contributed by atoms with Gasteiger partial charge in [-0.3, -0.25) is 0 Å². The number of fused-ring (bicyclic) bond motifs is 1. The lowest BCUT2D eigenvalue weighted by molar-refractivity contribution is -0.274. The Morgan fingerprint density at radius 1 is 1.11 bits per heavy atom. The van der Waals surface area contributed by atoms with Crippen LogP contribution in [0, 0.1) is 5.41 Å². The van der Waals surface area contributed by atoms with Crippen molar-refractivity contribution in [3.63, 3.8) is 0 Å². The number of amides is 1. The third kappa shape index (κ3) is 3.59. The monoisotopic (exact) mass is 377 g/mol. The van der Waals surface area contributed by atoms with Gasteiger partial charge in [0.2, 0.25) is 0 Å². The number of benzene rings is 2. The number of aryl methyl sites for hydroxylation is 1. The molecule has 1 unspecified atom stereocenters. The first-order valence-electron chi connectivity index (χ1n) is 8.74. The van der Waals surface area contributed by atoms with Crippen molar-refractivity contribution >= 4 is 6.09 Å². The topological polar surface area (TPSA) is 58.6 Å². The molecule has 2 N–H and O–H groups in total. The zero-order valence-electron chi connectivity index (χ0n) is 14.3. The Balaban J connectivity index is 1.70. The van der Waals surface area contributed by atoms with Gasteiger partial charge in [-0.2, -0.15) is 0 Å². The van der Waals surface area contributed by atoms with Crippen LogP contribution < -0.4 is 10.1 Å². The van der Waals surface area contributed by atoms with Crippen LogP contribution in [-0.2, 0) is 6.42 Å². The smallest absolute Gasteiger partial charge is 0.465 e. The van der Waals surface area contributed by atoms with Gasteiger partial charge in [-0.05, 0) is 71.6 Å². The van der Waals surface area contributed by atoms with E-state index in [-0.39, 0.29) is 17.2 Å². The lowest BCUT2D eigenvalue weighted by atomic mass is 9.76. The van der Waals surface area contributed by atoms with E-state index in [2.05, 4.69) is 10.1 Å². The first-order valence-corrected chi connectivity index (χ1v) is 8.74. The van der Waals surface area contributed by atoms with Gasteiger partial charge in [-0.25, -0.2) is 4.79 Å². The summed E-state index contributed by atoms with van der Waals surface area (Å²) in [5.74, 6) is -0.281. The van der Waals surface area contributed by atoms with Gasteiger partial charge in [0.15, 0.2) is 0 Å². The van der Waals surface area contributed by atoms with Crippen LogP contribution >= 0.6 is 0 Å².